The highest BCUT2D eigenvalue weighted by molar-refractivity contribution is 5.49. The summed E-state index contributed by atoms with van der Waals surface area (Å²) in [6, 6.07) is 6.01. The van der Waals surface area contributed by atoms with Crippen molar-refractivity contribution in [1.29, 1.82) is 0 Å². The number of hydrogen-bond acceptors (Lipinski definition) is 3. The normalized spacial score (nSPS) is 33.1. The summed E-state index contributed by atoms with van der Waals surface area (Å²) in [7, 11) is 0. The van der Waals surface area contributed by atoms with Crippen molar-refractivity contribution in [3.63, 3.8) is 0 Å². The van der Waals surface area contributed by atoms with Crippen molar-refractivity contribution < 1.29 is 0 Å². The van der Waals surface area contributed by atoms with Crippen LogP contribution in [0, 0.1) is 6.92 Å². The Morgan fingerprint density at radius 1 is 1.25 bits per heavy atom. The van der Waals surface area contributed by atoms with E-state index in [-0.39, 0.29) is 0 Å². The van der Waals surface area contributed by atoms with E-state index in [0.29, 0.717) is 18.1 Å². The summed E-state index contributed by atoms with van der Waals surface area (Å²) in [5.41, 5.74) is 8.45. The van der Waals surface area contributed by atoms with Crippen LogP contribution in [-0.2, 0) is 0 Å². The molecule has 1 aromatic heterocycles. The molecule has 0 amide bonds. The second kappa shape index (κ2) is 3.74. The zero-order valence-electron chi connectivity index (χ0n) is 9.76. The van der Waals surface area contributed by atoms with Crippen LogP contribution in [0.2, 0.25) is 0 Å². The number of rotatable bonds is 1. The zero-order valence-corrected chi connectivity index (χ0v) is 9.76. The first-order valence-corrected chi connectivity index (χ1v) is 6.20. The van der Waals surface area contributed by atoms with Crippen molar-refractivity contribution in [2.24, 2.45) is 5.73 Å². The maximum absolute atomic E-state index is 6.08. The van der Waals surface area contributed by atoms with E-state index in [2.05, 4.69) is 22.0 Å². The molecule has 0 spiro atoms. The SMILES string of the molecule is Cc1ccc(N2C3CCC2CC(N)C3)cn1. The molecule has 2 aliphatic rings. The highest BCUT2D eigenvalue weighted by Gasteiger charge is 2.39. The molecule has 2 unspecified atom stereocenters. The number of aromatic nitrogens is 1. The molecule has 3 rings (SSSR count). The Labute approximate surface area is 96.7 Å². The van der Waals surface area contributed by atoms with Crippen molar-refractivity contribution in [1.82, 2.24) is 4.98 Å². The van der Waals surface area contributed by atoms with Crippen LogP contribution in [0.1, 0.15) is 31.4 Å². The predicted octanol–water partition coefficient (Wildman–Crippen LogP) is 1.85. The van der Waals surface area contributed by atoms with Crippen molar-refractivity contribution in [2.75, 3.05) is 4.90 Å². The summed E-state index contributed by atoms with van der Waals surface area (Å²) < 4.78 is 0. The predicted molar refractivity (Wildman–Crippen MR) is 65.5 cm³/mol. The molecule has 2 fully saturated rings. The molecule has 3 nitrogen and oxygen atoms in total. The van der Waals surface area contributed by atoms with Gasteiger partial charge in [0.2, 0.25) is 0 Å². The van der Waals surface area contributed by atoms with Crippen LogP contribution in [0.15, 0.2) is 18.3 Å². The van der Waals surface area contributed by atoms with Crippen molar-refractivity contribution in [3.05, 3.63) is 24.0 Å². The van der Waals surface area contributed by atoms with Crippen LogP contribution in [-0.4, -0.2) is 23.1 Å². The van der Waals surface area contributed by atoms with Crippen molar-refractivity contribution in [2.45, 2.75) is 50.7 Å². The van der Waals surface area contributed by atoms with Gasteiger partial charge in [-0.15, -0.1) is 0 Å². The Kier molecular flexibility index (Phi) is 2.36. The van der Waals surface area contributed by atoms with Crippen LogP contribution in [0.3, 0.4) is 0 Å². The minimum atomic E-state index is 0.409. The summed E-state index contributed by atoms with van der Waals surface area (Å²) in [6.45, 7) is 2.03. The molecular formula is C13H19N3. The third-order valence-electron chi connectivity index (χ3n) is 3.96. The molecule has 2 N–H and O–H groups in total. The summed E-state index contributed by atoms with van der Waals surface area (Å²) in [5.74, 6) is 0. The largest absolute Gasteiger partial charge is 0.364 e. The van der Waals surface area contributed by atoms with Crippen LogP contribution >= 0.6 is 0 Å². The molecule has 16 heavy (non-hydrogen) atoms. The molecule has 0 radical (unpaired) electrons. The standard InChI is InChI=1S/C13H19N3/c1-9-2-3-13(8-15-9)16-11-4-5-12(16)7-10(14)6-11/h2-3,8,10-12H,4-7,14H2,1H3. The molecule has 3 heterocycles. The minimum absolute atomic E-state index is 0.409. The molecule has 1 aromatic rings. The second-order valence-corrected chi connectivity index (χ2v) is 5.18. The number of piperidine rings is 1. The van der Waals surface area contributed by atoms with Gasteiger partial charge < -0.3 is 10.6 Å². The molecule has 0 saturated carbocycles. The van der Waals surface area contributed by atoms with Gasteiger partial charge in [-0.1, -0.05) is 0 Å². The summed E-state index contributed by atoms with van der Waals surface area (Å²) >= 11 is 0. The summed E-state index contributed by atoms with van der Waals surface area (Å²) in [4.78, 5) is 6.95. The maximum atomic E-state index is 6.08. The number of pyridine rings is 1. The number of fused-ring (bicyclic) bond motifs is 2. The highest BCUT2D eigenvalue weighted by atomic mass is 15.2. The Hall–Kier alpha value is -1.09. The second-order valence-electron chi connectivity index (χ2n) is 5.18. The first-order chi connectivity index (χ1) is 7.74. The van der Waals surface area contributed by atoms with Gasteiger partial charge in [0.05, 0.1) is 11.9 Å². The molecule has 2 bridgehead atoms. The van der Waals surface area contributed by atoms with Gasteiger partial charge in [-0.25, -0.2) is 0 Å². The Morgan fingerprint density at radius 3 is 2.50 bits per heavy atom. The van der Waals surface area contributed by atoms with Gasteiger partial charge in [0, 0.05) is 23.8 Å². The van der Waals surface area contributed by atoms with Gasteiger partial charge in [0.25, 0.3) is 0 Å². The van der Waals surface area contributed by atoms with Gasteiger partial charge in [-0.2, -0.15) is 0 Å². The fourth-order valence-electron chi connectivity index (χ4n) is 3.25. The smallest absolute Gasteiger partial charge is 0.0557 e. The van der Waals surface area contributed by atoms with E-state index in [4.69, 9.17) is 5.73 Å². The third kappa shape index (κ3) is 1.59. The van der Waals surface area contributed by atoms with E-state index in [1.165, 1.54) is 18.5 Å². The monoisotopic (exact) mass is 217 g/mol. The van der Waals surface area contributed by atoms with Crippen LogP contribution in [0.5, 0.6) is 0 Å². The quantitative estimate of drug-likeness (QED) is 0.780. The molecule has 2 aliphatic heterocycles. The lowest BCUT2D eigenvalue weighted by Gasteiger charge is -2.39. The lowest BCUT2D eigenvalue weighted by molar-refractivity contribution is 0.414. The van der Waals surface area contributed by atoms with Gasteiger partial charge in [-0.05, 0) is 44.7 Å². The average Bonchev–Trinajstić information content (AvgIpc) is 2.54. The van der Waals surface area contributed by atoms with Gasteiger partial charge in [0.15, 0.2) is 0 Å². The van der Waals surface area contributed by atoms with Crippen LogP contribution < -0.4 is 10.6 Å². The Bertz CT molecular complexity index is 359. The molecule has 3 heteroatoms. The summed E-state index contributed by atoms with van der Waals surface area (Å²) in [5, 5.41) is 0. The molecule has 2 saturated heterocycles. The minimum Gasteiger partial charge on any atom is -0.364 e. The summed E-state index contributed by atoms with van der Waals surface area (Å²) in [6.07, 6.45) is 6.89. The van der Waals surface area contributed by atoms with Gasteiger partial charge in [0.1, 0.15) is 0 Å². The lowest BCUT2D eigenvalue weighted by Crippen LogP contribution is -2.47. The van der Waals surface area contributed by atoms with E-state index >= 15 is 0 Å². The van der Waals surface area contributed by atoms with E-state index in [0.717, 1.165) is 18.5 Å². The topological polar surface area (TPSA) is 42.1 Å². The first-order valence-electron chi connectivity index (χ1n) is 6.20. The Balaban J connectivity index is 1.88. The zero-order chi connectivity index (χ0) is 11.1. The lowest BCUT2D eigenvalue weighted by atomic mass is 9.98. The highest BCUT2D eigenvalue weighted by Crippen LogP contribution is 2.38. The van der Waals surface area contributed by atoms with Gasteiger partial charge >= 0.3 is 0 Å². The van der Waals surface area contributed by atoms with Crippen LogP contribution in [0.25, 0.3) is 0 Å². The average molecular weight is 217 g/mol. The number of nitrogens with two attached hydrogens (primary N) is 1. The number of anilines is 1. The fraction of sp³-hybridized carbons (Fsp3) is 0.615. The first kappa shape index (κ1) is 10.1. The molecule has 2 atom stereocenters. The number of nitrogens with zero attached hydrogens (tertiary/aromatic N) is 2. The van der Waals surface area contributed by atoms with E-state index in [9.17, 15) is 0 Å². The fourth-order valence-corrected chi connectivity index (χ4v) is 3.25. The van der Waals surface area contributed by atoms with Crippen LogP contribution in [0.4, 0.5) is 5.69 Å². The maximum Gasteiger partial charge on any atom is 0.0557 e. The van der Waals surface area contributed by atoms with Gasteiger partial charge in [-0.3, -0.25) is 4.98 Å². The number of aryl methyl sites for hydroxylation is 1. The molecule has 0 aromatic carbocycles. The molecular weight excluding hydrogens is 198 g/mol. The van der Waals surface area contributed by atoms with E-state index < -0.39 is 0 Å². The molecule has 0 aliphatic carbocycles. The Morgan fingerprint density at radius 2 is 1.94 bits per heavy atom. The van der Waals surface area contributed by atoms with Crippen molar-refractivity contribution >= 4 is 5.69 Å². The van der Waals surface area contributed by atoms with E-state index in [1.54, 1.807) is 0 Å². The molecule has 86 valence electrons. The number of hydrogen-bond donors (Lipinski definition) is 1. The van der Waals surface area contributed by atoms with E-state index in [1.807, 2.05) is 13.1 Å². The van der Waals surface area contributed by atoms with Crippen molar-refractivity contribution in [3.8, 4) is 0 Å². The third-order valence-corrected chi connectivity index (χ3v) is 3.96.